The molecule has 3 aromatic rings. The third kappa shape index (κ3) is 3.34. The topological polar surface area (TPSA) is 77.8 Å². The molecule has 0 aliphatic rings. The normalized spacial score (nSPS) is 11.0. The van der Waals surface area contributed by atoms with E-state index in [9.17, 15) is 8.78 Å². The number of aromatic amines is 1. The Morgan fingerprint density at radius 2 is 2.04 bits per heavy atom. The van der Waals surface area contributed by atoms with E-state index in [4.69, 9.17) is 9.47 Å². The molecule has 1 N–H and O–H groups in total. The second-order valence-corrected chi connectivity index (χ2v) is 4.97. The highest BCUT2D eigenvalue weighted by Gasteiger charge is 2.16. The van der Waals surface area contributed by atoms with Gasteiger partial charge in [-0.15, -0.1) is 0 Å². The number of alkyl halides is 2. The van der Waals surface area contributed by atoms with Crippen LogP contribution in [0, 0.1) is 6.92 Å². The predicted octanol–water partition coefficient (Wildman–Crippen LogP) is 2.96. The second kappa shape index (κ2) is 6.65. The highest BCUT2D eigenvalue weighted by Crippen LogP contribution is 2.21. The van der Waals surface area contributed by atoms with E-state index >= 15 is 0 Å². The van der Waals surface area contributed by atoms with Crippen LogP contribution in [-0.2, 0) is 6.61 Å². The maximum atomic E-state index is 12.8. The second-order valence-electron chi connectivity index (χ2n) is 4.97. The van der Waals surface area contributed by atoms with E-state index in [1.54, 1.807) is 38.3 Å². The number of rotatable bonds is 6. The Bertz CT molecular complexity index is 831. The lowest BCUT2D eigenvalue weighted by Crippen LogP contribution is -2.02. The number of nitrogens with zero attached hydrogens (tertiary/aromatic N) is 4. The van der Waals surface area contributed by atoms with Crippen LogP contribution < -0.4 is 9.47 Å². The first-order chi connectivity index (χ1) is 11.6. The summed E-state index contributed by atoms with van der Waals surface area (Å²) in [4.78, 5) is 4.21. The van der Waals surface area contributed by atoms with E-state index in [2.05, 4.69) is 20.3 Å². The molecule has 0 fully saturated rings. The predicted molar refractivity (Wildman–Crippen MR) is 80.9 cm³/mol. The fourth-order valence-electron chi connectivity index (χ4n) is 2.11. The summed E-state index contributed by atoms with van der Waals surface area (Å²) in [5.74, 6) is 1.99. The van der Waals surface area contributed by atoms with Crippen molar-refractivity contribution >= 4 is 0 Å². The number of H-pyrrole nitrogens is 1. The fraction of sp³-hybridized carbons (Fsp3) is 0.267. The van der Waals surface area contributed by atoms with Gasteiger partial charge in [0, 0.05) is 11.8 Å². The Balaban J connectivity index is 1.70. The molecule has 2 heterocycles. The van der Waals surface area contributed by atoms with Gasteiger partial charge in [-0.2, -0.15) is 19.0 Å². The molecule has 0 saturated heterocycles. The van der Waals surface area contributed by atoms with Crippen molar-refractivity contribution < 1.29 is 18.3 Å². The summed E-state index contributed by atoms with van der Waals surface area (Å²) in [7, 11) is 1.57. The Morgan fingerprint density at radius 1 is 1.25 bits per heavy atom. The van der Waals surface area contributed by atoms with Gasteiger partial charge in [-0.05, 0) is 25.1 Å². The summed E-state index contributed by atoms with van der Waals surface area (Å²) in [6, 6.07) is 8.64. The number of aryl methyl sites for hydroxylation is 1. The molecule has 24 heavy (non-hydrogen) atoms. The number of methoxy groups -OCH3 is 1. The zero-order chi connectivity index (χ0) is 17.1. The minimum Gasteiger partial charge on any atom is -0.497 e. The molecule has 1 aromatic carbocycles. The van der Waals surface area contributed by atoms with Crippen LogP contribution in [0.15, 0.2) is 30.3 Å². The van der Waals surface area contributed by atoms with Crippen LogP contribution in [0.25, 0.3) is 11.5 Å². The molecule has 0 aliphatic heterocycles. The van der Waals surface area contributed by atoms with Gasteiger partial charge in [0.05, 0.1) is 7.11 Å². The largest absolute Gasteiger partial charge is 0.497 e. The first-order valence-electron chi connectivity index (χ1n) is 7.09. The molecule has 0 bridgehead atoms. The van der Waals surface area contributed by atoms with Gasteiger partial charge in [0.15, 0.2) is 5.82 Å². The number of ether oxygens (including phenoxy) is 2. The third-order valence-corrected chi connectivity index (χ3v) is 3.28. The molecule has 3 rings (SSSR count). The average Bonchev–Trinajstić information content (AvgIpc) is 3.19. The molecular weight excluding hydrogens is 320 g/mol. The number of nitrogens with one attached hydrogen (secondary N) is 1. The van der Waals surface area contributed by atoms with Crippen LogP contribution in [-0.4, -0.2) is 32.1 Å². The number of benzene rings is 1. The van der Waals surface area contributed by atoms with E-state index in [0.29, 0.717) is 27.7 Å². The quantitative estimate of drug-likeness (QED) is 0.749. The molecule has 0 radical (unpaired) electrons. The van der Waals surface area contributed by atoms with Crippen molar-refractivity contribution in [3.63, 3.8) is 0 Å². The van der Waals surface area contributed by atoms with E-state index in [-0.39, 0.29) is 18.1 Å². The first kappa shape index (κ1) is 15.9. The summed E-state index contributed by atoms with van der Waals surface area (Å²) < 4.78 is 36.8. The summed E-state index contributed by atoms with van der Waals surface area (Å²) >= 11 is 0. The molecule has 0 atom stereocenters. The Hall–Kier alpha value is -2.97. The molecule has 0 spiro atoms. The highest BCUT2D eigenvalue weighted by molar-refractivity contribution is 5.48. The van der Waals surface area contributed by atoms with Crippen LogP contribution in [0.3, 0.4) is 0 Å². The summed E-state index contributed by atoms with van der Waals surface area (Å²) in [6.07, 6.45) is 0. The molecule has 126 valence electrons. The molecule has 0 amide bonds. The highest BCUT2D eigenvalue weighted by atomic mass is 19.3. The van der Waals surface area contributed by atoms with Gasteiger partial charge in [0.1, 0.15) is 23.8 Å². The third-order valence-electron chi connectivity index (χ3n) is 3.28. The zero-order valence-corrected chi connectivity index (χ0v) is 13.0. The van der Waals surface area contributed by atoms with Crippen molar-refractivity contribution in [3.05, 3.63) is 41.9 Å². The smallest absolute Gasteiger partial charge is 0.333 e. The lowest BCUT2D eigenvalue weighted by Gasteiger charge is -2.05. The van der Waals surface area contributed by atoms with Gasteiger partial charge in [-0.3, -0.25) is 5.10 Å². The van der Waals surface area contributed by atoms with Crippen LogP contribution in [0.2, 0.25) is 0 Å². The molecule has 7 nitrogen and oxygen atoms in total. The van der Waals surface area contributed by atoms with Gasteiger partial charge >= 0.3 is 6.55 Å². The fourth-order valence-corrected chi connectivity index (χ4v) is 2.11. The van der Waals surface area contributed by atoms with Crippen molar-refractivity contribution in [1.82, 2.24) is 25.0 Å². The summed E-state index contributed by atoms with van der Waals surface area (Å²) in [5.41, 5.74) is 0.607. The number of halogens is 2. The molecule has 0 unspecified atom stereocenters. The first-order valence-corrected chi connectivity index (χ1v) is 7.09. The average molecular weight is 335 g/mol. The Morgan fingerprint density at radius 3 is 2.75 bits per heavy atom. The number of aromatic nitrogens is 5. The van der Waals surface area contributed by atoms with Gasteiger partial charge in [0.25, 0.3) is 0 Å². The molecule has 2 aromatic heterocycles. The van der Waals surface area contributed by atoms with Crippen molar-refractivity contribution in [2.24, 2.45) is 0 Å². The monoisotopic (exact) mass is 335 g/mol. The Labute approximate surface area is 136 Å². The zero-order valence-electron chi connectivity index (χ0n) is 13.0. The number of hydrogen-bond acceptors (Lipinski definition) is 5. The standard InChI is InChI=1S/C15H15F2N5O2/c1-9-6-12(21-22(9)15(16)17)14-18-13(19-20-14)8-24-11-5-3-4-10(7-11)23-2/h3-7,15H,8H2,1-2H3,(H,18,19,20). The van der Waals surface area contributed by atoms with Crippen molar-refractivity contribution in [3.8, 4) is 23.0 Å². The van der Waals surface area contributed by atoms with Gasteiger partial charge in [0.2, 0.25) is 5.82 Å². The Kier molecular flexibility index (Phi) is 4.41. The SMILES string of the molecule is COc1cccc(OCc2nc(-c3cc(C)n(C(F)F)n3)n[nH]2)c1. The lowest BCUT2D eigenvalue weighted by atomic mass is 10.3. The lowest BCUT2D eigenvalue weighted by molar-refractivity contribution is 0.0546. The number of hydrogen-bond donors (Lipinski definition) is 1. The maximum Gasteiger partial charge on any atom is 0.333 e. The molecule has 0 saturated carbocycles. The minimum absolute atomic E-state index is 0.148. The summed E-state index contributed by atoms with van der Waals surface area (Å²) in [6.45, 7) is -1.01. The van der Waals surface area contributed by atoms with Crippen LogP contribution >= 0.6 is 0 Å². The molecule has 0 aliphatic carbocycles. The molecule has 9 heteroatoms. The van der Waals surface area contributed by atoms with Gasteiger partial charge in [-0.1, -0.05) is 6.07 Å². The van der Waals surface area contributed by atoms with E-state index in [0.717, 1.165) is 0 Å². The maximum absolute atomic E-state index is 12.8. The van der Waals surface area contributed by atoms with Crippen LogP contribution in [0.1, 0.15) is 18.1 Å². The van der Waals surface area contributed by atoms with Crippen molar-refractivity contribution in [2.75, 3.05) is 7.11 Å². The van der Waals surface area contributed by atoms with E-state index in [1.165, 1.54) is 6.07 Å². The van der Waals surface area contributed by atoms with Crippen molar-refractivity contribution in [1.29, 1.82) is 0 Å². The van der Waals surface area contributed by atoms with Gasteiger partial charge < -0.3 is 9.47 Å². The van der Waals surface area contributed by atoms with Crippen molar-refractivity contribution in [2.45, 2.75) is 20.1 Å². The molecular formula is C15H15F2N5O2. The minimum atomic E-state index is -2.70. The van der Waals surface area contributed by atoms with Gasteiger partial charge in [-0.25, -0.2) is 9.67 Å². The summed E-state index contributed by atoms with van der Waals surface area (Å²) in [5, 5.41) is 10.5. The van der Waals surface area contributed by atoms with E-state index < -0.39 is 6.55 Å². The van der Waals surface area contributed by atoms with E-state index in [1.807, 2.05) is 0 Å². The van der Waals surface area contributed by atoms with Crippen LogP contribution in [0.5, 0.6) is 11.5 Å². The van der Waals surface area contributed by atoms with Crippen LogP contribution in [0.4, 0.5) is 8.78 Å².